The molecular formula is C26H34O4Si. The van der Waals surface area contributed by atoms with Crippen LogP contribution in [0.2, 0.25) is 5.04 Å². The van der Waals surface area contributed by atoms with Crippen LogP contribution in [0.25, 0.3) is 0 Å². The Bertz CT molecular complexity index is 891. The molecule has 166 valence electrons. The largest absolute Gasteiger partial charge is 0.497 e. The summed E-state index contributed by atoms with van der Waals surface area (Å²) in [6.45, 7) is 11.8. The molecule has 1 aliphatic heterocycles. The summed E-state index contributed by atoms with van der Waals surface area (Å²) in [5, 5.41) is 2.45. The van der Waals surface area contributed by atoms with Crippen molar-refractivity contribution < 1.29 is 18.7 Å². The van der Waals surface area contributed by atoms with Gasteiger partial charge in [0, 0.05) is 18.4 Å². The van der Waals surface area contributed by atoms with Gasteiger partial charge in [-0.1, -0.05) is 88.4 Å². The van der Waals surface area contributed by atoms with Gasteiger partial charge in [0.1, 0.15) is 5.76 Å². The average Bonchev–Trinajstić information content (AvgIpc) is 3.16. The summed E-state index contributed by atoms with van der Waals surface area (Å²) in [5.74, 6) is 0.368. The van der Waals surface area contributed by atoms with Crippen molar-refractivity contribution in [1.82, 2.24) is 0 Å². The molecule has 0 amide bonds. The van der Waals surface area contributed by atoms with E-state index in [9.17, 15) is 4.79 Å². The fourth-order valence-corrected chi connectivity index (χ4v) is 9.12. The molecule has 1 heterocycles. The Morgan fingerprint density at radius 2 is 1.55 bits per heavy atom. The van der Waals surface area contributed by atoms with E-state index in [0.29, 0.717) is 31.0 Å². The van der Waals surface area contributed by atoms with Crippen molar-refractivity contribution in [3.63, 3.8) is 0 Å². The van der Waals surface area contributed by atoms with E-state index >= 15 is 0 Å². The van der Waals surface area contributed by atoms with E-state index in [1.165, 1.54) is 17.5 Å². The summed E-state index contributed by atoms with van der Waals surface area (Å²) >= 11 is 0. The van der Waals surface area contributed by atoms with E-state index < -0.39 is 8.32 Å². The third kappa shape index (κ3) is 4.63. The minimum Gasteiger partial charge on any atom is -0.497 e. The number of esters is 1. The smallest absolute Gasteiger partial charge is 0.336 e. The Kier molecular flexibility index (Phi) is 6.77. The summed E-state index contributed by atoms with van der Waals surface area (Å²) in [7, 11) is -1.21. The van der Waals surface area contributed by atoms with Crippen molar-refractivity contribution in [2.75, 3.05) is 20.3 Å². The number of carbonyl (C=O) groups is 1. The Hall–Kier alpha value is -2.37. The molecule has 1 aliphatic rings. The highest BCUT2D eigenvalue weighted by atomic mass is 28.4. The van der Waals surface area contributed by atoms with Crippen LogP contribution in [0.1, 0.15) is 41.0 Å². The first-order valence-electron chi connectivity index (χ1n) is 10.8. The van der Waals surface area contributed by atoms with Crippen molar-refractivity contribution in [2.45, 2.75) is 46.1 Å². The monoisotopic (exact) mass is 438 g/mol. The van der Waals surface area contributed by atoms with E-state index in [4.69, 9.17) is 13.9 Å². The van der Waals surface area contributed by atoms with E-state index in [-0.39, 0.29) is 16.4 Å². The van der Waals surface area contributed by atoms with Gasteiger partial charge in [-0.2, -0.15) is 0 Å². The molecule has 0 bridgehead atoms. The second-order valence-corrected chi connectivity index (χ2v) is 14.1. The fourth-order valence-electron chi connectivity index (χ4n) is 4.40. The highest BCUT2D eigenvalue weighted by molar-refractivity contribution is 6.99. The quantitative estimate of drug-likeness (QED) is 0.380. The van der Waals surface area contributed by atoms with Crippen LogP contribution >= 0.6 is 0 Å². The van der Waals surface area contributed by atoms with Gasteiger partial charge in [-0.25, -0.2) is 4.79 Å². The van der Waals surface area contributed by atoms with Gasteiger partial charge in [0.25, 0.3) is 8.32 Å². The van der Waals surface area contributed by atoms with Gasteiger partial charge in [0.2, 0.25) is 0 Å². The number of methoxy groups -OCH3 is 1. The van der Waals surface area contributed by atoms with E-state index in [1.807, 2.05) is 0 Å². The van der Waals surface area contributed by atoms with Gasteiger partial charge in [-0.15, -0.1) is 0 Å². The van der Waals surface area contributed by atoms with Gasteiger partial charge < -0.3 is 13.9 Å². The van der Waals surface area contributed by atoms with Gasteiger partial charge in [-0.3, -0.25) is 0 Å². The van der Waals surface area contributed by atoms with Crippen molar-refractivity contribution in [2.24, 2.45) is 5.41 Å². The SMILES string of the molecule is COC(=O)/C(C)=C1/CC(C)(CO[Si](c2ccccc2)(c2ccccc2)C(C)(C)C)CO1. The lowest BCUT2D eigenvalue weighted by molar-refractivity contribution is -0.136. The maximum atomic E-state index is 11.9. The topological polar surface area (TPSA) is 44.8 Å². The molecule has 31 heavy (non-hydrogen) atoms. The number of hydrogen-bond acceptors (Lipinski definition) is 4. The molecule has 0 saturated carbocycles. The number of allylic oxidation sites excluding steroid dienone is 1. The Morgan fingerprint density at radius 1 is 1.03 bits per heavy atom. The third-order valence-corrected chi connectivity index (χ3v) is 11.1. The lowest BCUT2D eigenvalue weighted by atomic mass is 9.89. The van der Waals surface area contributed by atoms with Gasteiger partial charge >= 0.3 is 5.97 Å². The second kappa shape index (κ2) is 9.01. The molecule has 4 nitrogen and oxygen atoms in total. The normalized spacial score (nSPS) is 20.8. The van der Waals surface area contributed by atoms with Crippen LogP contribution < -0.4 is 10.4 Å². The van der Waals surface area contributed by atoms with Crippen molar-refractivity contribution in [3.8, 4) is 0 Å². The molecule has 3 rings (SSSR count). The predicted molar refractivity (Wildman–Crippen MR) is 127 cm³/mol. The maximum absolute atomic E-state index is 11.9. The molecular weight excluding hydrogens is 404 g/mol. The Labute approximate surface area is 187 Å². The number of rotatable bonds is 6. The zero-order valence-corrected chi connectivity index (χ0v) is 20.5. The third-order valence-electron chi connectivity index (χ3n) is 6.15. The molecule has 2 aromatic carbocycles. The summed E-state index contributed by atoms with van der Waals surface area (Å²) in [6, 6.07) is 21.3. The first-order valence-corrected chi connectivity index (χ1v) is 12.7. The molecule has 0 aromatic heterocycles. The van der Waals surface area contributed by atoms with Crippen LogP contribution in [0.15, 0.2) is 72.0 Å². The highest BCUT2D eigenvalue weighted by Crippen LogP contribution is 2.41. The first kappa shape index (κ1) is 23.3. The second-order valence-electron chi connectivity index (χ2n) is 9.77. The van der Waals surface area contributed by atoms with Crippen LogP contribution in [0.4, 0.5) is 0 Å². The molecule has 1 atom stereocenters. The molecule has 0 spiro atoms. The zero-order chi connectivity index (χ0) is 22.7. The van der Waals surface area contributed by atoms with Crippen molar-refractivity contribution >= 4 is 24.7 Å². The van der Waals surface area contributed by atoms with Crippen molar-refractivity contribution in [1.29, 1.82) is 0 Å². The first-order chi connectivity index (χ1) is 14.6. The number of benzene rings is 2. The molecule has 2 aromatic rings. The fraction of sp³-hybridized carbons (Fsp3) is 0.423. The van der Waals surface area contributed by atoms with Crippen LogP contribution in [-0.4, -0.2) is 34.6 Å². The van der Waals surface area contributed by atoms with Gasteiger partial charge in [-0.05, 0) is 22.3 Å². The Balaban J connectivity index is 1.98. The van der Waals surface area contributed by atoms with Crippen LogP contribution in [-0.2, 0) is 18.7 Å². The lowest BCUT2D eigenvalue weighted by Gasteiger charge is -2.44. The lowest BCUT2D eigenvalue weighted by Crippen LogP contribution is -2.67. The molecule has 5 heteroatoms. The molecule has 0 aliphatic carbocycles. The summed E-state index contributed by atoms with van der Waals surface area (Å²) in [6.07, 6.45) is 0.659. The van der Waals surface area contributed by atoms with Crippen molar-refractivity contribution in [3.05, 3.63) is 72.0 Å². The van der Waals surface area contributed by atoms with E-state index in [2.05, 4.69) is 88.4 Å². The van der Waals surface area contributed by atoms with E-state index in [1.54, 1.807) is 6.92 Å². The molecule has 1 saturated heterocycles. The number of hydrogen-bond donors (Lipinski definition) is 0. The Morgan fingerprint density at radius 3 is 2.00 bits per heavy atom. The predicted octanol–water partition coefficient (Wildman–Crippen LogP) is 4.44. The summed E-state index contributed by atoms with van der Waals surface area (Å²) < 4.78 is 17.9. The highest BCUT2D eigenvalue weighted by Gasteiger charge is 2.51. The number of carbonyl (C=O) groups excluding carboxylic acids is 1. The summed E-state index contributed by atoms with van der Waals surface area (Å²) in [5.41, 5.74) is 0.328. The molecule has 1 fully saturated rings. The minimum absolute atomic E-state index is 0.0773. The van der Waals surface area contributed by atoms with E-state index in [0.717, 1.165) is 0 Å². The van der Waals surface area contributed by atoms with Crippen LogP contribution in [0.3, 0.4) is 0 Å². The summed E-state index contributed by atoms with van der Waals surface area (Å²) in [4.78, 5) is 11.9. The standard InChI is InChI=1S/C26H34O4Si/c1-20(24(27)28-6)23-17-26(5,18-29-23)19-30-31(25(2,3)4,21-13-9-7-10-14-21)22-15-11-8-12-16-22/h7-16H,17-19H2,1-6H3/b23-20-. The maximum Gasteiger partial charge on any atom is 0.336 e. The molecule has 0 N–H and O–H groups in total. The van der Waals surface area contributed by atoms with Gasteiger partial charge in [0.05, 0.1) is 19.3 Å². The average molecular weight is 439 g/mol. The van der Waals surface area contributed by atoms with Crippen LogP contribution in [0, 0.1) is 5.41 Å². The minimum atomic E-state index is -2.61. The molecule has 1 unspecified atom stereocenters. The number of ether oxygens (including phenoxy) is 2. The van der Waals surface area contributed by atoms with Gasteiger partial charge in [0.15, 0.2) is 0 Å². The zero-order valence-electron chi connectivity index (χ0n) is 19.5. The molecule has 0 radical (unpaired) electrons. The van der Waals surface area contributed by atoms with Crippen LogP contribution in [0.5, 0.6) is 0 Å².